The molecule has 0 radical (unpaired) electrons. The van der Waals surface area contributed by atoms with Gasteiger partial charge >= 0.3 is 0 Å². The Kier molecular flexibility index (Phi) is 16.1. The maximum atomic E-state index is 14.1. The van der Waals surface area contributed by atoms with E-state index in [2.05, 4.69) is 43.7 Å². The van der Waals surface area contributed by atoms with E-state index >= 15 is 0 Å². The Hall–Kier alpha value is -6.50. The number of hydrogen-bond donors (Lipinski definition) is 6. The van der Waals surface area contributed by atoms with Gasteiger partial charge in [-0.05, 0) is 92.0 Å². The number of carbonyl (C=O) groups excluding carboxylic acids is 6. The van der Waals surface area contributed by atoms with E-state index in [9.17, 15) is 28.8 Å². The summed E-state index contributed by atoms with van der Waals surface area (Å²) >= 11 is 0. The summed E-state index contributed by atoms with van der Waals surface area (Å²) in [6, 6.07) is 20.4. The van der Waals surface area contributed by atoms with Crippen molar-refractivity contribution in [1.29, 1.82) is 0 Å². The normalized spacial score (nSPS) is 16.8. The van der Waals surface area contributed by atoms with Crippen molar-refractivity contribution in [2.45, 2.75) is 69.6 Å². The molecule has 332 valence electrons. The summed E-state index contributed by atoms with van der Waals surface area (Å²) < 4.78 is 5.53. The molecule has 0 aliphatic carbocycles. The fourth-order valence-electron chi connectivity index (χ4n) is 8.41. The van der Waals surface area contributed by atoms with Gasteiger partial charge in [-0.2, -0.15) is 0 Å². The molecule has 2 saturated heterocycles. The molecule has 6 amide bonds. The second-order valence-electron chi connectivity index (χ2n) is 16.1. The van der Waals surface area contributed by atoms with Crippen LogP contribution in [0.1, 0.15) is 64.8 Å². The summed E-state index contributed by atoms with van der Waals surface area (Å²) in [6.45, 7) is 3.22. The Morgan fingerprint density at radius 3 is 1.54 bits per heavy atom. The van der Waals surface area contributed by atoms with Gasteiger partial charge in [-0.25, -0.2) is 0 Å². The van der Waals surface area contributed by atoms with Crippen molar-refractivity contribution in [2.24, 2.45) is 0 Å². The zero-order chi connectivity index (χ0) is 44.9. The molecule has 63 heavy (non-hydrogen) atoms. The summed E-state index contributed by atoms with van der Waals surface area (Å²) in [7, 11) is 4.78. The molecular weight excluding hydrogens is 801 g/mol. The van der Waals surface area contributed by atoms with Crippen molar-refractivity contribution in [2.75, 3.05) is 60.5 Å². The van der Waals surface area contributed by atoms with Crippen molar-refractivity contribution in [1.82, 2.24) is 41.7 Å². The number of benzene rings is 4. The molecule has 6 rings (SSSR count). The van der Waals surface area contributed by atoms with Gasteiger partial charge in [0.2, 0.25) is 23.6 Å². The zero-order valence-corrected chi connectivity index (χ0v) is 36.5. The van der Waals surface area contributed by atoms with Gasteiger partial charge in [-0.3, -0.25) is 28.8 Å². The zero-order valence-electron chi connectivity index (χ0n) is 36.5. The van der Waals surface area contributed by atoms with Crippen molar-refractivity contribution < 1.29 is 33.5 Å². The van der Waals surface area contributed by atoms with Crippen LogP contribution in [0.4, 0.5) is 0 Å². The molecule has 15 nitrogen and oxygen atoms in total. The summed E-state index contributed by atoms with van der Waals surface area (Å²) in [5.41, 5.74) is 1.81. The van der Waals surface area contributed by atoms with E-state index in [-0.39, 0.29) is 86.5 Å². The smallest absolute Gasteiger partial charge is 0.255 e. The number of amides is 6. The first-order chi connectivity index (χ1) is 30.5. The third kappa shape index (κ3) is 11.7. The largest absolute Gasteiger partial charge is 0.496 e. The summed E-state index contributed by atoms with van der Waals surface area (Å²) in [6.07, 6.45) is 2.71. The fourth-order valence-corrected chi connectivity index (χ4v) is 8.41. The van der Waals surface area contributed by atoms with E-state index in [1.54, 1.807) is 30.0 Å². The number of ether oxygens (including phenoxy) is 1. The van der Waals surface area contributed by atoms with Gasteiger partial charge in [-0.1, -0.05) is 54.6 Å². The minimum absolute atomic E-state index is 0.0108. The number of hydrogen-bond acceptors (Lipinski definition) is 9. The Labute approximate surface area is 368 Å². The van der Waals surface area contributed by atoms with Crippen molar-refractivity contribution >= 4 is 57.0 Å². The fraction of sp³-hybridized carbons (Fsp3) is 0.417. The van der Waals surface area contributed by atoms with E-state index in [0.717, 1.165) is 39.9 Å². The number of likely N-dealkylation sites (tertiary alicyclic amines) is 2. The SMILES string of the molecule is CNCC(=O)NC(CC#CCC(NC(=O)CNC)C(=O)N1CCCC1CNC(=O)c1cc2ccccc2cc1OC)C(=O)N1CCCC1CNC(=O)c1cc2ccccc2cc1C. The van der Waals surface area contributed by atoms with Gasteiger partial charge in [0, 0.05) is 56.7 Å². The molecule has 15 heteroatoms. The lowest BCUT2D eigenvalue weighted by molar-refractivity contribution is -0.137. The van der Waals surface area contributed by atoms with Crippen molar-refractivity contribution in [3.63, 3.8) is 0 Å². The Bertz CT molecular complexity index is 2390. The summed E-state index contributed by atoms with van der Waals surface area (Å²) in [5, 5.41) is 21.1. The molecule has 2 fully saturated rings. The molecule has 0 aromatic heterocycles. The molecule has 4 aromatic carbocycles. The maximum absolute atomic E-state index is 14.1. The Morgan fingerprint density at radius 1 is 0.651 bits per heavy atom. The Morgan fingerprint density at radius 2 is 1.08 bits per heavy atom. The highest BCUT2D eigenvalue weighted by Gasteiger charge is 2.36. The number of likely N-dealkylation sites (N-methyl/N-ethyl adjacent to an activating group) is 2. The lowest BCUT2D eigenvalue weighted by atomic mass is 10.0. The standard InChI is InChI=1S/C48H58N8O7/c1-31-23-32-13-5-6-14-33(32)24-38(31)45(59)51-27-36-17-11-21-55(36)47(61)40(53-43(57)29-49-2)19-9-10-20-41(54-44(58)30-50-3)48(62)56-22-12-18-37(56)28-52-46(60)39-25-34-15-7-8-16-35(34)26-42(39)63-4/h5-8,13-16,23-26,36-37,40-41,49-50H,11-12,17-22,27-30H2,1-4H3,(H,51,59)(H,52,60)(H,53,57)(H,54,58). The predicted molar refractivity (Wildman–Crippen MR) is 242 cm³/mol. The number of nitrogens with zero attached hydrogens (tertiary/aromatic N) is 2. The number of methoxy groups -OCH3 is 1. The van der Waals surface area contributed by atoms with Crippen LogP contribution in [-0.4, -0.2) is 130 Å². The molecule has 4 unspecified atom stereocenters. The third-order valence-corrected chi connectivity index (χ3v) is 11.6. The number of fused-ring (bicyclic) bond motifs is 2. The molecule has 0 saturated carbocycles. The van der Waals surface area contributed by atoms with Gasteiger partial charge in [0.15, 0.2) is 0 Å². The first kappa shape index (κ1) is 46.0. The van der Waals surface area contributed by atoms with Crippen LogP contribution in [0.15, 0.2) is 72.8 Å². The van der Waals surface area contributed by atoms with Crippen LogP contribution >= 0.6 is 0 Å². The molecule has 4 atom stereocenters. The second-order valence-corrected chi connectivity index (χ2v) is 16.1. The maximum Gasteiger partial charge on any atom is 0.255 e. The summed E-state index contributed by atoms with van der Waals surface area (Å²) in [4.78, 5) is 84.1. The average molecular weight is 859 g/mol. The quantitative estimate of drug-likeness (QED) is 0.0868. The molecule has 0 bridgehead atoms. The van der Waals surface area contributed by atoms with E-state index in [1.165, 1.54) is 7.11 Å². The molecular formula is C48H58N8O7. The van der Waals surface area contributed by atoms with E-state index in [1.807, 2.05) is 73.7 Å². The summed E-state index contributed by atoms with van der Waals surface area (Å²) in [5.74, 6) is 4.50. The molecule has 2 heterocycles. The highest BCUT2D eigenvalue weighted by Crippen LogP contribution is 2.27. The predicted octanol–water partition coefficient (Wildman–Crippen LogP) is 2.64. The van der Waals surface area contributed by atoms with Crippen LogP contribution in [0, 0.1) is 18.8 Å². The first-order valence-corrected chi connectivity index (χ1v) is 21.6. The number of aryl methyl sites for hydroxylation is 1. The number of rotatable bonds is 17. The van der Waals surface area contributed by atoms with E-state index in [0.29, 0.717) is 42.8 Å². The van der Waals surface area contributed by atoms with Crippen LogP contribution in [-0.2, 0) is 19.2 Å². The molecule has 0 spiro atoms. The van der Waals surface area contributed by atoms with Crippen LogP contribution in [0.25, 0.3) is 21.5 Å². The monoisotopic (exact) mass is 858 g/mol. The first-order valence-electron chi connectivity index (χ1n) is 21.6. The highest BCUT2D eigenvalue weighted by atomic mass is 16.5. The Balaban J connectivity index is 1.10. The number of nitrogens with one attached hydrogen (secondary N) is 6. The second kappa shape index (κ2) is 22.0. The molecule has 4 aromatic rings. The number of carbonyl (C=O) groups is 6. The van der Waals surface area contributed by atoms with Crippen LogP contribution in [0.2, 0.25) is 0 Å². The van der Waals surface area contributed by atoms with Gasteiger partial charge in [0.1, 0.15) is 17.8 Å². The highest BCUT2D eigenvalue weighted by molar-refractivity contribution is 6.02. The topological polar surface area (TPSA) is 190 Å². The average Bonchev–Trinajstić information content (AvgIpc) is 3.97. The molecule has 2 aliphatic rings. The van der Waals surface area contributed by atoms with Gasteiger partial charge in [0.05, 0.1) is 25.8 Å². The van der Waals surface area contributed by atoms with Gasteiger partial charge in [-0.15, -0.1) is 11.8 Å². The lowest BCUT2D eigenvalue weighted by Gasteiger charge is -2.29. The van der Waals surface area contributed by atoms with Crippen molar-refractivity contribution in [3.05, 3.63) is 89.5 Å². The van der Waals surface area contributed by atoms with E-state index in [4.69, 9.17) is 4.74 Å². The van der Waals surface area contributed by atoms with Gasteiger partial charge in [0.25, 0.3) is 11.8 Å². The van der Waals surface area contributed by atoms with E-state index < -0.39 is 12.1 Å². The van der Waals surface area contributed by atoms with Crippen LogP contribution in [0.5, 0.6) is 5.75 Å². The van der Waals surface area contributed by atoms with Crippen LogP contribution < -0.4 is 36.6 Å². The van der Waals surface area contributed by atoms with Crippen LogP contribution in [0.3, 0.4) is 0 Å². The molecule has 2 aliphatic heterocycles. The minimum atomic E-state index is -0.999. The molecule has 6 N–H and O–H groups in total. The van der Waals surface area contributed by atoms with Crippen molar-refractivity contribution in [3.8, 4) is 17.6 Å². The third-order valence-electron chi connectivity index (χ3n) is 11.6. The lowest BCUT2D eigenvalue weighted by Crippen LogP contribution is -2.53. The minimum Gasteiger partial charge on any atom is -0.496 e. The van der Waals surface area contributed by atoms with Gasteiger partial charge < -0.3 is 46.4 Å².